The number of phenols is 2. The highest BCUT2D eigenvalue weighted by molar-refractivity contribution is 5.69. The molecule has 1 aromatic carbocycles. The SMILES string of the molecule is CC(C)OC(=O)CCCn1c(O)cc(Cc2ccc(O)cc2O)c1O. The fraction of sp³-hybridized carbons (Fsp3) is 0.389. The zero-order valence-electron chi connectivity index (χ0n) is 14.3. The Morgan fingerprint density at radius 3 is 2.48 bits per heavy atom. The molecule has 0 aliphatic carbocycles. The van der Waals surface area contributed by atoms with Crippen molar-refractivity contribution < 1.29 is 30.0 Å². The minimum atomic E-state index is -0.324. The highest BCUT2D eigenvalue weighted by Gasteiger charge is 2.16. The smallest absolute Gasteiger partial charge is 0.306 e. The maximum absolute atomic E-state index is 11.5. The molecule has 0 aliphatic rings. The average molecular weight is 349 g/mol. The Labute approximate surface area is 145 Å². The van der Waals surface area contributed by atoms with Crippen LogP contribution >= 0.6 is 0 Å². The van der Waals surface area contributed by atoms with Crippen molar-refractivity contribution in [1.82, 2.24) is 4.57 Å². The summed E-state index contributed by atoms with van der Waals surface area (Å²) in [5.41, 5.74) is 0.939. The Balaban J connectivity index is 2.03. The number of nitrogens with zero attached hydrogens (tertiary/aromatic N) is 1. The molecule has 0 unspecified atom stereocenters. The van der Waals surface area contributed by atoms with E-state index in [9.17, 15) is 25.2 Å². The van der Waals surface area contributed by atoms with E-state index in [2.05, 4.69) is 0 Å². The molecule has 25 heavy (non-hydrogen) atoms. The number of aromatic nitrogens is 1. The first kappa shape index (κ1) is 18.5. The van der Waals surface area contributed by atoms with Crippen molar-refractivity contribution in [3.8, 4) is 23.3 Å². The monoisotopic (exact) mass is 349 g/mol. The molecule has 7 nitrogen and oxygen atoms in total. The second kappa shape index (κ2) is 7.83. The van der Waals surface area contributed by atoms with Crippen LogP contribution in [-0.4, -0.2) is 37.1 Å². The molecule has 2 aromatic rings. The Kier molecular flexibility index (Phi) is 5.80. The molecule has 0 radical (unpaired) electrons. The molecule has 0 spiro atoms. The van der Waals surface area contributed by atoms with Crippen molar-refractivity contribution in [2.75, 3.05) is 0 Å². The van der Waals surface area contributed by atoms with Gasteiger partial charge in [0.15, 0.2) is 11.8 Å². The summed E-state index contributed by atoms with van der Waals surface area (Å²) < 4.78 is 6.34. The van der Waals surface area contributed by atoms with E-state index in [1.165, 1.54) is 22.8 Å². The molecule has 4 N–H and O–H groups in total. The highest BCUT2D eigenvalue weighted by Crippen LogP contribution is 2.32. The van der Waals surface area contributed by atoms with E-state index in [1.807, 2.05) is 0 Å². The third-order valence-electron chi connectivity index (χ3n) is 3.70. The fourth-order valence-corrected chi connectivity index (χ4v) is 2.54. The zero-order valence-corrected chi connectivity index (χ0v) is 14.3. The van der Waals surface area contributed by atoms with Gasteiger partial charge >= 0.3 is 5.97 Å². The van der Waals surface area contributed by atoms with Gasteiger partial charge in [0.1, 0.15) is 11.5 Å². The van der Waals surface area contributed by atoms with Gasteiger partial charge in [-0.1, -0.05) is 6.07 Å². The number of phenolic OH excluding ortho intramolecular Hbond substituents is 2. The van der Waals surface area contributed by atoms with Gasteiger partial charge < -0.3 is 25.2 Å². The second-order valence-corrected chi connectivity index (χ2v) is 6.13. The molecule has 1 heterocycles. The van der Waals surface area contributed by atoms with Crippen LogP contribution in [0.5, 0.6) is 23.3 Å². The largest absolute Gasteiger partial charge is 0.508 e. The zero-order chi connectivity index (χ0) is 18.6. The molecule has 2 rings (SSSR count). The van der Waals surface area contributed by atoms with Crippen LogP contribution in [0.15, 0.2) is 24.3 Å². The van der Waals surface area contributed by atoms with Crippen LogP contribution < -0.4 is 0 Å². The minimum Gasteiger partial charge on any atom is -0.508 e. The summed E-state index contributed by atoms with van der Waals surface area (Å²) in [6.07, 6.45) is 0.605. The summed E-state index contributed by atoms with van der Waals surface area (Å²) in [5.74, 6) is -0.720. The van der Waals surface area contributed by atoms with Crippen LogP contribution in [0, 0.1) is 0 Å². The van der Waals surface area contributed by atoms with Gasteiger partial charge in [0.25, 0.3) is 0 Å². The van der Waals surface area contributed by atoms with Gasteiger partial charge in [-0.15, -0.1) is 0 Å². The summed E-state index contributed by atoms with van der Waals surface area (Å²) >= 11 is 0. The summed E-state index contributed by atoms with van der Waals surface area (Å²) in [5, 5.41) is 39.4. The Hall–Kier alpha value is -2.83. The lowest BCUT2D eigenvalue weighted by Crippen LogP contribution is -2.12. The third kappa shape index (κ3) is 4.82. The van der Waals surface area contributed by atoms with E-state index in [1.54, 1.807) is 19.9 Å². The van der Waals surface area contributed by atoms with Crippen molar-refractivity contribution in [3.05, 3.63) is 35.4 Å². The summed E-state index contributed by atoms with van der Waals surface area (Å²) in [4.78, 5) is 11.5. The number of rotatable bonds is 7. The Morgan fingerprint density at radius 2 is 1.84 bits per heavy atom. The van der Waals surface area contributed by atoms with Crippen LogP contribution in [0.3, 0.4) is 0 Å². The predicted molar refractivity (Wildman–Crippen MR) is 90.8 cm³/mol. The summed E-state index contributed by atoms with van der Waals surface area (Å²) in [6, 6.07) is 5.60. The molecule has 0 saturated heterocycles. The van der Waals surface area contributed by atoms with Crippen molar-refractivity contribution in [2.24, 2.45) is 0 Å². The molecule has 0 bridgehead atoms. The van der Waals surface area contributed by atoms with E-state index in [4.69, 9.17) is 4.74 Å². The second-order valence-electron chi connectivity index (χ2n) is 6.13. The fourth-order valence-electron chi connectivity index (χ4n) is 2.54. The normalized spacial score (nSPS) is 11.0. The van der Waals surface area contributed by atoms with Gasteiger partial charge in [-0.25, -0.2) is 0 Å². The number of carbonyl (C=O) groups is 1. The number of ether oxygens (including phenoxy) is 1. The van der Waals surface area contributed by atoms with E-state index >= 15 is 0 Å². The van der Waals surface area contributed by atoms with Crippen LogP contribution in [0.1, 0.15) is 37.8 Å². The maximum atomic E-state index is 11.5. The summed E-state index contributed by atoms with van der Waals surface area (Å²) in [6.45, 7) is 3.80. The molecule has 7 heteroatoms. The van der Waals surface area contributed by atoms with Crippen molar-refractivity contribution >= 4 is 5.97 Å². The predicted octanol–water partition coefficient (Wildman–Crippen LogP) is 2.63. The minimum absolute atomic E-state index is 0.0563. The number of aromatic hydroxyl groups is 4. The van der Waals surface area contributed by atoms with Gasteiger partial charge in [-0.05, 0) is 31.9 Å². The van der Waals surface area contributed by atoms with Gasteiger partial charge in [-0.2, -0.15) is 0 Å². The lowest BCUT2D eigenvalue weighted by molar-refractivity contribution is -0.147. The molecule has 0 fully saturated rings. The Morgan fingerprint density at radius 1 is 1.12 bits per heavy atom. The van der Waals surface area contributed by atoms with Gasteiger partial charge in [-0.3, -0.25) is 9.36 Å². The number of esters is 1. The van der Waals surface area contributed by atoms with E-state index < -0.39 is 0 Å². The molecule has 136 valence electrons. The van der Waals surface area contributed by atoms with Crippen LogP contribution in [-0.2, 0) is 22.5 Å². The topological polar surface area (TPSA) is 112 Å². The molecule has 0 saturated carbocycles. The molecular formula is C18H23NO6. The standard InChI is InChI=1S/C18H23NO6/c1-11(2)25-17(23)4-3-7-19-16(22)9-13(18(19)24)8-12-5-6-14(20)10-15(12)21/h5-6,9-11,20-22,24H,3-4,7-8H2,1-2H3. The first-order chi connectivity index (χ1) is 11.8. The number of hydrogen-bond acceptors (Lipinski definition) is 6. The lowest BCUT2D eigenvalue weighted by atomic mass is 10.1. The number of benzene rings is 1. The van der Waals surface area contributed by atoms with Crippen molar-refractivity contribution in [3.63, 3.8) is 0 Å². The van der Waals surface area contributed by atoms with Crippen LogP contribution in [0.25, 0.3) is 0 Å². The molecule has 0 amide bonds. The molecule has 0 atom stereocenters. The van der Waals surface area contributed by atoms with Gasteiger partial charge in [0.2, 0.25) is 0 Å². The molecule has 0 aliphatic heterocycles. The molecular weight excluding hydrogens is 326 g/mol. The van der Waals surface area contributed by atoms with Gasteiger partial charge in [0, 0.05) is 37.1 Å². The van der Waals surface area contributed by atoms with Crippen molar-refractivity contribution in [2.45, 2.75) is 45.8 Å². The van der Waals surface area contributed by atoms with Crippen molar-refractivity contribution in [1.29, 1.82) is 0 Å². The third-order valence-corrected chi connectivity index (χ3v) is 3.70. The maximum Gasteiger partial charge on any atom is 0.306 e. The van der Waals surface area contributed by atoms with E-state index in [0.29, 0.717) is 17.5 Å². The quantitative estimate of drug-likeness (QED) is 0.572. The van der Waals surface area contributed by atoms with E-state index in [0.717, 1.165) is 0 Å². The first-order valence-corrected chi connectivity index (χ1v) is 8.08. The average Bonchev–Trinajstić information content (AvgIpc) is 2.76. The molecule has 1 aromatic heterocycles. The first-order valence-electron chi connectivity index (χ1n) is 8.08. The van der Waals surface area contributed by atoms with E-state index in [-0.39, 0.29) is 54.7 Å². The Bertz CT molecular complexity index is 750. The lowest BCUT2D eigenvalue weighted by Gasteiger charge is -2.09. The summed E-state index contributed by atoms with van der Waals surface area (Å²) in [7, 11) is 0. The highest BCUT2D eigenvalue weighted by atomic mass is 16.5. The number of hydrogen-bond donors (Lipinski definition) is 4. The van der Waals surface area contributed by atoms with Crippen LogP contribution in [0.4, 0.5) is 0 Å². The van der Waals surface area contributed by atoms with Gasteiger partial charge in [0.05, 0.1) is 6.10 Å². The number of carbonyl (C=O) groups excluding carboxylic acids is 1. The van der Waals surface area contributed by atoms with Crippen LogP contribution in [0.2, 0.25) is 0 Å².